The Hall–Kier alpha value is -0.830. The lowest BCUT2D eigenvalue weighted by Crippen LogP contribution is -2.39. The van der Waals surface area contributed by atoms with E-state index in [4.69, 9.17) is 0 Å². The fourth-order valence-electron chi connectivity index (χ4n) is 1.75. The lowest BCUT2D eigenvalue weighted by Gasteiger charge is -2.31. The first kappa shape index (κ1) is 11.2. The molecule has 0 aromatic carbocycles. The van der Waals surface area contributed by atoms with Crippen molar-refractivity contribution in [1.82, 2.24) is 10.2 Å². The van der Waals surface area contributed by atoms with Gasteiger partial charge in [0.05, 0.1) is 0 Å². The Kier molecular flexibility index (Phi) is 3.69. The second-order valence-corrected chi connectivity index (χ2v) is 4.30. The van der Waals surface area contributed by atoms with Crippen molar-refractivity contribution in [2.45, 2.75) is 20.3 Å². The lowest BCUT2D eigenvalue weighted by molar-refractivity contribution is -0.127. The molecule has 1 heterocycles. The lowest BCUT2D eigenvalue weighted by atomic mass is 9.87. The molecule has 1 saturated heterocycles. The van der Waals surface area contributed by atoms with E-state index in [2.05, 4.69) is 25.7 Å². The van der Waals surface area contributed by atoms with Gasteiger partial charge in [-0.3, -0.25) is 4.79 Å². The first-order valence-corrected chi connectivity index (χ1v) is 5.23. The molecule has 80 valence electrons. The average Bonchev–Trinajstić information content (AvgIpc) is 2.40. The maximum atomic E-state index is 11.5. The highest BCUT2D eigenvalue weighted by Gasteiger charge is 2.28. The molecular weight excluding hydrogens is 176 g/mol. The van der Waals surface area contributed by atoms with E-state index in [1.807, 2.05) is 4.90 Å². The summed E-state index contributed by atoms with van der Waals surface area (Å²) in [4.78, 5) is 13.4. The quantitative estimate of drug-likeness (QED) is 0.669. The molecule has 0 aromatic rings. The summed E-state index contributed by atoms with van der Waals surface area (Å²) in [6.45, 7) is 11.4. The third-order valence-electron chi connectivity index (χ3n) is 3.02. The van der Waals surface area contributed by atoms with Crippen molar-refractivity contribution < 1.29 is 4.79 Å². The monoisotopic (exact) mass is 196 g/mol. The van der Waals surface area contributed by atoms with Gasteiger partial charge in [-0.1, -0.05) is 20.4 Å². The highest BCUT2D eigenvalue weighted by Crippen LogP contribution is 2.23. The third-order valence-corrected chi connectivity index (χ3v) is 3.02. The van der Waals surface area contributed by atoms with Crippen molar-refractivity contribution in [1.29, 1.82) is 0 Å². The van der Waals surface area contributed by atoms with Gasteiger partial charge < -0.3 is 10.2 Å². The molecule has 0 aromatic heterocycles. The third kappa shape index (κ3) is 2.58. The van der Waals surface area contributed by atoms with Gasteiger partial charge >= 0.3 is 0 Å². The SMILES string of the molecule is C=CC(=O)N1CCNCC(C)(CC)C1. The van der Waals surface area contributed by atoms with Crippen molar-refractivity contribution in [2.24, 2.45) is 5.41 Å². The van der Waals surface area contributed by atoms with Crippen LogP contribution in [0.5, 0.6) is 0 Å². The molecule has 1 N–H and O–H groups in total. The highest BCUT2D eigenvalue weighted by atomic mass is 16.2. The minimum absolute atomic E-state index is 0.0494. The summed E-state index contributed by atoms with van der Waals surface area (Å²) in [6, 6.07) is 0. The molecule has 14 heavy (non-hydrogen) atoms. The minimum Gasteiger partial charge on any atom is -0.337 e. The molecule has 0 spiro atoms. The zero-order valence-corrected chi connectivity index (χ0v) is 9.18. The van der Waals surface area contributed by atoms with Crippen molar-refractivity contribution in [2.75, 3.05) is 26.2 Å². The molecule has 3 heteroatoms. The van der Waals surface area contributed by atoms with Crippen LogP contribution in [0.25, 0.3) is 0 Å². The first-order valence-electron chi connectivity index (χ1n) is 5.23. The smallest absolute Gasteiger partial charge is 0.246 e. The molecule has 1 amide bonds. The Morgan fingerprint density at radius 2 is 2.43 bits per heavy atom. The van der Waals surface area contributed by atoms with Crippen LogP contribution in [-0.2, 0) is 4.79 Å². The van der Waals surface area contributed by atoms with E-state index in [0.29, 0.717) is 0 Å². The zero-order valence-electron chi connectivity index (χ0n) is 9.18. The number of carbonyl (C=O) groups is 1. The Labute approximate surface area is 86.2 Å². The molecule has 0 radical (unpaired) electrons. The summed E-state index contributed by atoms with van der Waals surface area (Å²) >= 11 is 0. The van der Waals surface area contributed by atoms with Crippen LogP contribution >= 0.6 is 0 Å². The largest absolute Gasteiger partial charge is 0.337 e. The molecule has 1 aliphatic rings. The van der Waals surface area contributed by atoms with Crippen molar-refractivity contribution in [3.8, 4) is 0 Å². The van der Waals surface area contributed by atoms with Gasteiger partial charge in [-0.25, -0.2) is 0 Å². The van der Waals surface area contributed by atoms with Crippen LogP contribution in [0.4, 0.5) is 0 Å². The fraction of sp³-hybridized carbons (Fsp3) is 0.727. The molecule has 1 unspecified atom stereocenters. The van der Waals surface area contributed by atoms with Crippen LogP contribution < -0.4 is 5.32 Å². The Morgan fingerprint density at radius 1 is 1.71 bits per heavy atom. The van der Waals surface area contributed by atoms with E-state index in [-0.39, 0.29) is 11.3 Å². The van der Waals surface area contributed by atoms with E-state index in [0.717, 1.165) is 32.6 Å². The van der Waals surface area contributed by atoms with Crippen LogP contribution in [0.2, 0.25) is 0 Å². The molecule has 1 aliphatic heterocycles. The number of amides is 1. The van der Waals surface area contributed by atoms with Crippen LogP contribution in [0.3, 0.4) is 0 Å². The van der Waals surface area contributed by atoms with Crippen molar-refractivity contribution >= 4 is 5.91 Å². The summed E-state index contributed by atoms with van der Waals surface area (Å²) in [5.74, 6) is 0.0494. The number of hydrogen-bond donors (Lipinski definition) is 1. The number of rotatable bonds is 2. The van der Waals surface area contributed by atoms with Crippen LogP contribution in [-0.4, -0.2) is 37.0 Å². The second-order valence-electron chi connectivity index (χ2n) is 4.30. The summed E-state index contributed by atoms with van der Waals surface area (Å²) in [7, 11) is 0. The van der Waals surface area contributed by atoms with Crippen LogP contribution in [0.1, 0.15) is 20.3 Å². The normalized spacial score (nSPS) is 28.3. The average molecular weight is 196 g/mol. The standard InChI is InChI=1S/C11H20N2O/c1-4-10(14)13-7-6-12-8-11(3,5-2)9-13/h4,12H,1,5-9H2,2-3H3. The van der Waals surface area contributed by atoms with Gasteiger partial charge in [0, 0.05) is 26.2 Å². The van der Waals surface area contributed by atoms with Crippen molar-refractivity contribution in [3.05, 3.63) is 12.7 Å². The van der Waals surface area contributed by atoms with Gasteiger partial charge in [0.2, 0.25) is 5.91 Å². The fourth-order valence-corrected chi connectivity index (χ4v) is 1.75. The van der Waals surface area contributed by atoms with Crippen LogP contribution in [0, 0.1) is 5.41 Å². The number of nitrogens with one attached hydrogen (secondary N) is 1. The Bertz CT molecular complexity index is 227. The summed E-state index contributed by atoms with van der Waals surface area (Å²) in [6.07, 6.45) is 2.49. The van der Waals surface area contributed by atoms with E-state index in [1.54, 1.807) is 0 Å². The predicted molar refractivity (Wildman–Crippen MR) is 58.0 cm³/mol. The molecule has 3 nitrogen and oxygen atoms in total. The summed E-state index contributed by atoms with van der Waals surface area (Å²) in [5.41, 5.74) is 0.204. The molecule has 1 rings (SSSR count). The van der Waals surface area contributed by atoms with Gasteiger partial charge in [0.25, 0.3) is 0 Å². The molecule has 0 bridgehead atoms. The second kappa shape index (κ2) is 4.60. The predicted octanol–water partition coefficient (Wildman–Crippen LogP) is 1.02. The molecule has 1 fully saturated rings. The molecule has 0 aliphatic carbocycles. The Balaban J connectivity index is 2.69. The number of hydrogen-bond acceptors (Lipinski definition) is 2. The minimum atomic E-state index is 0.0494. The van der Waals surface area contributed by atoms with Gasteiger partial charge in [-0.2, -0.15) is 0 Å². The number of carbonyl (C=O) groups excluding carboxylic acids is 1. The summed E-state index contributed by atoms with van der Waals surface area (Å²) in [5, 5.41) is 3.37. The maximum Gasteiger partial charge on any atom is 0.246 e. The Morgan fingerprint density at radius 3 is 3.00 bits per heavy atom. The molecule has 0 saturated carbocycles. The van der Waals surface area contributed by atoms with Gasteiger partial charge in [0.15, 0.2) is 0 Å². The number of nitrogens with zero attached hydrogens (tertiary/aromatic N) is 1. The van der Waals surface area contributed by atoms with Gasteiger partial charge in [0.1, 0.15) is 0 Å². The summed E-state index contributed by atoms with van der Waals surface area (Å²) < 4.78 is 0. The van der Waals surface area contributed by atoms with Gasteiger partial charge in [-0.05, 0) is 17.9 Å². The van der Waals surface area contributed by atoms with E-state index < -0.39 is 0 Å². The van der Waals surface area contributed by atoms with Gasteiger partial charge in [-0.15, -0.1) is 0 Å². The zero-order chi connectivity index (χ0) is 10.6. The van der Waals surface area contributed by atoms with E-state index in [1.165, 1.54) is 6.08 Å². The van der Waals surface area contributed by atoms with E-state index >= 15 is 0 Å². The van der Waals surface area contributed by atoms with Crippen molar-refractivity contribution in [3.63, 3.8) is 0 Å². The molecule has 1 atom stereocenters. The highest BCUT2D eigenvalue weighted by molar-refractivity contribution is 5.87. The topological polar surface area (TPSA) is 32.3 Å². The maximum absolute atomic E-state index is 11.5. The van der Waals surface area contributed by atoms with E-state index in [9.17, 15) is 4.79 Å². The van der Waals surface area contributed by atoms with Crippen LogP contribution in [0.15, 0.2) is 12.7 Å². The first-order chi connectivity index (χ1) is 6.61. The molecular formula is C11H20N2O.